The number of allylic oxidation sites excluding steroid dienone is 1. The van der Waals surface area contributed by atoms with Crippen LogP contribution in [0.5, 0.6) is 0 Å². The highest BCUT2D eigenvalue weighted by Crippen LogP contribution is 2.13. The summed E-state index contributed by atoms with van der Waals surface area (Å²) in [5, 5.41) is 0. The van der Waals surface area contributed by atoms with Gasteiger partial charge in [0.05, 0.1) is 0 Å². The van der Waals surface area contributed by atoms with E-state index in [2.05, 4.69) is 13.5 Å². The van der Waals surface area contributed by atoms with E-state index in [4.69, 9.17) is 5.73 Å². The van der Waals surface area contributed by atoms with E-state index >= 15 is 0 Å². The van der Waals surface area contributed by atoms with Crippen LogP contribution in [-0.4, -0.2) is 6.54 Å². The smallest absolute Gasteiger partial charge is 0.00773 e. The number of hydrogen-bond acceptors (Lipinski definition) is 1. The molecule has 0 unspecified atom stereocenters. The van der Waals surface area contributed by atoms with Crippen molar-refractivity contribution in [1.82, 2.24) is 0 Å². The van der Waals surface area contributed by atoms with Crippen LogP contribution in [0.1, 0.15) is 58.3 Å². The summed E-state index contributed by atoms with van der Waals surface area (Å²) in [6.45, 7) is 7.12. The first kappa shape index (κ1) is 12.7. The van der Waals surface area contributed by atoms with Gasteiger partial charge < -0.3 is 5.73 Å². The fraction of sp³-hybridized carbons (Fsp3) is 0.833. The van der Waals surface area contributed by atoms with E-state index in [1.54, 1.807) is 0 Å². The molecular weight excluding hydrogens is 158 g/mol. The van der Waals surface area contributed by atoms with Gasteiger partial charge in [-0.25, -0.2) is 0 Å². The van der Waals surface area contributed by atoms with Crippen LogP contribution in [0.4, 0.5) is 0 Å². The summed E-state index contributed by atoms with van der Waals surface area (Å²) in [4.78, 5) is 0. The molecule has 0 fully saturated rings. The van der Waals surface area contributed by atoms with E-state index in [0.717, 1.165) is 6.54 Å². The number of hydrogen-bond donors (Lipinski definition) is 1. The SMILES string of the molecule is C=C(CCC)CCCCCCCN. The van der Waals surface area contributed by atoms with Crippen LogP contribution in [0.2, 0.25) is 0 Å². The van der Waals surface area contributed by atoms with Crippen molar-refractivity contribution in [1.29, 1.82) is 0 Å². The molecule has 0 aromatic carbocycles. The molecule has 0 rings (SSSR count). The van der Waals surface area contributed by atoms with Crippen LogP contribution in [-0.2, 0) is 0 Å². The molecule has 0 atom stereocenters. The van der Waals surface area contributed by atoms with Crippen molar-refractivity contribution in [3.8, 4) is 0 Å². The molecule has 78 valence electrons. The van der Waals surface area contributed by atoms with Gasteiger partial charge in [0.1, 0.15) is 0 Å². The Balaban J connectivity index is 3.02. The van der Waals surface area contributed by atoms with Crippen LogP contribution < -0.4 is 5.73 Å². The second kappa shape index (κ2) is 9.79. The molecule has 2 N–H and O–H groups in total. The quantitative estimate of drug-likeness (QED) is 0.428. The molecule has 0 saturated carbocycles. The van der Waals surface area contributed by atoms with Crippen molar-refractivity contribution in [2.75, 3.05) is 6.54 Å². The molecule has 0 saturated heterocycles. The van der Waals surface area contributed by atoms with Gasteiger partial charge in [0.25, 0.3) is 0 Å². The van der Waals surface area contributed by atoms with Gasteiger partial charge in [-0.3, -0.25) is 0 Å². The van der Waals surface area contributed by atoms with Gasteiger partial charge in [0.15, 0.2) is 0 Å². The van der Waals surface area contributed by atoms with Crippen LogP contribution in [0.25, 0.3) is 0 Å². The Morgan fingerprint density at radius 1 is 1.00 bits per heavy atom. The molecule has 1 nitrogen and oxygen atoms in total. The lowest BCUT2D eigenvalue weighted by Crippen LogP contribution is -1.97. The zero-order valence-corrected chi connectivity index (χ0v) is 9.15. The summed E-state index contributed by atoms with van der Waals surface area (Å²) in [5.74, 6) is 0. The Labute approximate surface area is 83.4 Å². The van der Waals surface area contributed by atoms with E-state index in [1.165, 1.54) is 56.9 Å². The topological polar surface area (TPSA) is 26.0 Å². The maximum Gasteiger partial charge on any atom is -0.00773 e. The van der Waals surface area contributed by atoms with Crippen LogP contribution >= 0.6 is 0 Å². The Hall–Kier alpha value is -0.300. The molecule has 0 bridgehead atoms. The van der Waals surface area contributed by atoms with Crippen molar-refractivity contribution in [3.05, 3.63) is 12.2 Å². The predicted molar refractivity (Wildman–Crippen MR) is 60.8 cm³/mol. The molecule has 0 heterocycles. The molecule has 0 aliphatic rings. The first-order valence-electron chi connectivity index (χ1n) is 5.68. The third-order valence-electron chi connectivity index (χ3n) is 2.34. The van der Waals surface area contributed by atoms with E-state index in [0.29, 0.717) is 0 Å². The van der Waals surface area contributed by atoms with E-state index < -0.39 is 0 Å². The highest BCUT2D eigenvalue weighted by molar-refractivity contribution is 4.92. The summed E-state index contributed by atoms with van der Waals surface area (Å²) in [6, 6.07) is 0. The highest BCUT2D eigenvalue weighted by Gasteiger charge is 1.93. The number of unbranched alkanes of at least 4 members (excludes halogenated alkanes) is 4. The monoisotopic (exact) mass is 183 g/mol. The second-order valence-corrected chi connectivity index (χ2v) is 3.81. The standard InChI is InChI=1S/C12H25N/c1-3-9-12(2)10-7-5-4-6-8-11-13/h2-11,13H2,1H3. The predicted octanol–water partition coefficient (Wildman–Crippen LogP) is 3.64. The average Bonchev–Trinajstić information content (AvgIpc) is 2.11. The Bertz CT molecular complexity index is 118. The summed E-state index contributed by atoms with van der Waals surface area (Å²) in [5.41, 5.74) is 6.85. The average molecular weight is 183 g/mol. The largest absolute Gasteiger partial charge is 0.330 e. The highest BCUT2D eigenvalue weighted by atomic mass is 14.5. The third kappa shape index (κ3) is 9.62. The molecule has 0 aliphatic carbocycles. The molecule has 0 aromatic heterocycles. The summed E-state index contributed by atoms with van der Waals surface area (Å²) in [6.07, 6.45) is 10.2. The minimum Gasteiger partial charge on any atom is -0.330 e. The number of nitrogens with two attached hydrogens (primary N) is 1. The summed E-state index contributed by atoms with van der Waals surface area (Å²) < 4.78 is 0. The fourth-order valence-corrected chi connectivity index (χ4v) is 1.53. The van der Waals surface area contributed by atoms with Gasteiger partial charge in [0, 0.05) is 0 Å². The Kier molecular flexibility index (Phi) is 9.56. The molecule has 0 radical (unpaired) electrons. The molecule has 0 amide bonds. The lowest BCUT2D eigenvalue weighted by molar-refractivity contribution is 0.611. The van der Waals surface area contributed by atoms with Crippen molar-refractivity contribution in [2.45, 2.75) is 58.3 Å². The Morgan fingerprint density at radius 2 is 1.62 bits per heavy atom. The van der Waals surface area contributed by atoms with E-state index in [-0.39, 0.29) is 0 Å². The summed E-state index contributed by atoms with van der Waals surface area (Å²) in [7, 11) is 0. The van der Waals surface area contributed by atoms with Crippen LogP contribution in [0, 0.1) is 0 Å². The van der Waals surface area contributed by atoms with Gasteiger partial charge in [-0.15, -0.1) is 0 Å². The molecule has 0 aliphatic heterocycles. The van der Waals surface area contributed by atoms with Crippen molar-refractivity contribution in [3.63, 3.8) is 0 Å². The Morgan fingerprint density at radius 3 is 2.23 bits per heavy atom. The number of rotatable bonds is 9. The zero-order chi connectivity index (χ0) is 9.94. The van der Waals surface area contributed by atoms with Crippen LogP contribution in [0.3, 0.4) is 0 Å². The molecular formula is C12H25N. The fourth-order valence-electron chi connectivity index (χ4n) is 1.53. The van der Waals surface area contributed by atoms with Crippen molar-refractivity contribution >= 4 is 0 Å². The lowest BCUT2D eigenvalue weighted by Gasteiger charge is -2.03. The first-order chi connectivity index (χ1) is 6.31. The normalized spacial score (nSPS) is 10.3. The van der Waals surface area contributed by atoms with Crippen LogP contribution in [0.15, 0.2) is 12.2 Å². The van der Waals surface area contributed by atoms with E-state index in [9.17, 15) is 0 Å². The van der Waals surface area contributed by atoms with Gasteiger partial charge in [-0.2, -0.15) is 0 Å². The van der Waals surface area contributed by atoms with Gasteiger partial charge in [-0.1, -0.05) is 44.8 Å². The maximum atomic E-state index is 5.42. The maximum absolute atomic E-state index is 5.42. The molecule has 13 heavy (non-hydrogen) atoms. The first-order valence-corrected chi connectivity index (χ1v) is 5.68. The van der Waals surface area contributed by atoms with Crippen molar-refractivity contribution < 1.29 is 0 Å². The van der Waals surface area contributed by atoms with Gasteiger partial charge in [-0.05, 0) is 32.2 Å². The van der Waals surface area contributed by atoms with Crippen molar-refractivity contribution in [2.24, 2.45) is 5.73 Å². The van der Waals surface area contributed by atoms with E-state index in [1.807, 2.05) is 0 Å². The van der Waals surface area contributed by atoms with Gasteiger partial charge >= 0.3 is 0 Å². The zero-order valence-electron chi connectivity index (χ0n) is 9.15. The minimum absolute atomic E-state index is 0.850. The minimum atomic E-state index is 0.850. The second-order valence-electron chi connectivity index (χ2n) is 3.81. The molecule has 0 spiro atoms. The molecule has 1 heteroatoms. The summed E-state index contributed by atoms with van der Waals surface area (Å²) >= 11 is 0. The van der Waals surface area contributed by atoms with Gasteiger partial charge in [0.2, 0.25) is 0 Å². The lowest BCUT2D eigenvalue weighted by atomic mass is 10.0. The molecule has 0 aromatic rings. The third-order valence-corrected chi connectivity index (χ3v) is 2.34.